The van der Waals surface area contributed by atoms with Crippen molar-refractivity contribution in [2.45, 2.75) is 31.7 Å². The molecule has 0 unspecified atom stereocenters. The van der Waals surface area contributed by atoms with E-state index in [9.17, 15) is 4.39 Å². The Kier molecular flexibility index (Phi) is 4.05. The summed E-state index contributed by atoms with van der Waals surface area (Å²) >= 11 is 12.0. The van der Waals surface area contributed by atoms with Gasteiger partial charge in [-0.1, -0.05) is 41.4 Å². The third-order valence-electron chi connectivity index (χ3n) is 3.97. The molecule has 0 atom stereocenters. The number of aryl methyl sites for hydroxylation is 1. The average Bonchev–Trinajstić information content (AvgIpc) is 2.37. The molecule has 0 radical (unpaired) electrons. The van der Waals surface area contributed by atoms with E-state index in [0.29, 0.717) is 10.3 Å². The lowest BCUT2D eigenvalue weighted by molar-refractivity contribution is 0.363. The van der Waals surface area contributed by atoms with Crippen LogP contribution in [0.15, 0.2) is 30.3 Å². The average molecular weight is 325 g/mol. The summed E-state index contributed by atoms with van der Waals surface area (Å²) in [6, 6.07) is 9.04. The first-order valence-electron chi connectivity index (χ1n) is 6.88. The van der Waals surface area contributed by atoms with Crippen LogP contribution in [0.1, 0.15) is 29.9 Å². The van der Waals surface area contributed by atoms with E-state index in [1.165, 1.54) is 6.07 Å². The third-order valence-corrected chi connectivity index (χ3v) is 4.44. The molecule has 0 amide bonds. The number of hydrogen-bond acceptors (Lipinski definition) is 2. The van der Waals surface area contributed by atoms with Crippen LogP contribution in [0.25, 0.3) is 0 Å². The molecule has 1 N–H and O–H groups in total. The summed E-state index contributed by atoms with van der Waals surface area (Å²) in [5.74, 6) is 0.145. The van der Waals surface area contributed by atoms with Crippen molar-refractivity contribution in [3.63, 3.8) is 0 Å². The van der Waals surface area contributed by atoms with Gasteiger partial charge < -0.3 is 5.32 Å². The lowest BCUT2D eigenvalue weighted by atomic mass is 9.75. The Bertz CT molecular complexity index is 646. The maximum atomic E-state index is 13.7. The van der Waals surface area contributed by atoms with E-state index in [0.717, 1.165) is 29.7 Å². The molecule has 1 heterocycles. The van der Waals surface area contributed by atoms with Crippen LogP contribution < -0.4 is 5.32 Å². The zero-order valence-electron chi connectivity index (χ0n) is 11.5. The van der Waals surface area contributed by atoms with Crippen molar-refractivity contribution < 1.29 is 4.39 Å². The standard InChI is InChI=1S/C16H15Cl2FN2/c1-9-6-14(17)21-16(18)15(9)20-11-7-10(8-11)12-4-2-3-5-13(12)19/h2-6,10-11,20H,7-8H2,1H3. The van der Waals surface area contributed by atoms with Gasteiger partial charge in [0.2, 0.25) is 0 Å². The smallest absolute Gasteiger partial charge is 0.154 e. The van der Waals surface area contributed by atoms with E-state index in [2.05, 4.69) is 10.3 Å². The molecule has 1 aromatic carbocycles. The van der Waals surface area contributed by atoms with Gasteiger partial charge in [0.25, 0.3) is 0 Å². The van der Waals surface area contributed by atoms with Gasteiger partial charge in [0.15, 0.2) is 5.15 Å². The van der Waals surface area contributed by atoms with Crippen LogP contribution >= 0.6 is 23.2 Å². The van der Waals surface area contributed by atoms with Crippen molar-refractivity contribution >= 4 is 28.9 Å². The highest BCUT2D eigenvalue weighted by Gasteiger charge is 2.32. The summed E-state index contributed by atoms with van der Waals surface area (Å²) in [4.78, 5) is 4.05. The summed E-state index contributed by atoms with van der Waals surface area (Å²) in [5.41, 5.74) is 2.58. The first-order chi connectivity index (χ1) is 10.0. The number of nitrogens with one attached hydrogen (secondary N) is 1. The molecule has 2 aromatic rings. The predicted molar refractivity (Wildman–Crippen MR) is 84.8 cm³/mol. The molecule has 110 valence electrons. The Balaban J connectivity index is 1.67. The van der Waals surface area contributed by atoms with Gasteiger partial charge in [-0.15, -0.1) is 0 Å². The van der Waals surface area contributed by atoms with Gasteiger partial charge in [-0.25, -0.2) is 9.37 Å². The molecule has 1 fully saturated rings. The topological polar surface area (TPSA) is 24.9 Å². The number of halogens is 3. The molecule has 0 bridgehead atoms. The number of benzene rings is 1. The minimum absolute atomic E-state index is 0.122. The van der Waals surface area contributed by atoms with Gasteiger partial charge in [-0.3, -0.25) is 0 Å². The van der Waals surface area contributed by atoms with Crippen LogP contribution in [0, 0.1) is 12.7 Å². The van der Waals surface area contributed by atoms with E-state index in [1.54, 1.807) is 12.1 Å². The first-order valence-corrected chi connectivity index (χ1v) is 7.64. The molecule has 2 nitrogen and oxygen atoms in total. The van der Waals surface area contributed by atoms with Crippen molar-refractivity contribution in [3.8, 4) is 0 Å². The second-order valence-corrected chi connectivity index (χ2v) is 6.20. The molecule has 1 aliphatic carbocycles. The minimum atomic E-state index is -0.122. The first kappa shape index (κ1) is 14.6. The minimum Gasteiger partial charge on any atom is -0.380 e. The normalized spacial score (nSPS) is 21.0. The van der Waals surface area contributed by atoms with Crippen LogP contribution in [0.5, 0.6) is 0 Å². The lowest BCUT2D eigenvalue weighted by Crippen LogP contribution is -2.34. The maximum absolute atomic E-state index is 13.7. The molecule has 0 spiro atoms. The zero-order chi connectivity index (χ0) is 15.0. The van der Waals surface area contributed by atoms with E-state index < -0.39 is 0 Å². The third kappa shape index (κ3) is 2.99. The highest BCUT2D eigenvalue weighted by Crippen LogP contribution is 2.40. The van der Waals surface area contributed by atoms with E-state index in [1.807, 2.05) is 19.1 Å². The SMILES string of the molecule is Cc1cc(Cl)nc(Cl)c1NC1CC(c2ccccc2F)C1. The second kappa shape index (κ2) is 5.82. The van der Waals surface area contributed by atoms with Gasteiger partial charge in [0.05, 0.1) is 5.69 Å². The number of anilines is 1. The van der Waals surface area contributed by atoms with Crippen LogP contribution in [-0.4, -0.2) is 11.0 Å². The van der Waals surface area contributed by atoms with Crippen LogP contribution in [0.3, 0.4) is 0 Å². The fourth-order valence-corrected chi connectivity index (χ4v) is 3.35. The molecule has 1 aliphatic rings. The molecule has 1 saturated carbocycles. The summed E-state index contributed by atoms with van der Waals surface area (Å²) in [7, 11) is 0. The van der Waals surface area contributed by atoms with Crippen LogP contribution in [0.4, 0.5) is 10.1 Å². The zero-order valence-corrected chi connectivity index (χ0v) is 13.0. The van der Waals surface area contributed by atoms with Crippen molar-refractivity contribution in [1.82, 2.24) is 4.98 Å². The van der Waals surface area contributed by atoms with Crippen LogP contribution in [-0.2, 0) is 0 Å². The summed E-state index contributed by atoms with van der Waals surface area (Å²) in [5, 5.41) is 4.16. The molecular formula is C16H15Cl2FN2. The molecular weight excluding hydrogens is 310 g/mol. The van der Waals surface area contributed by atoms with Gasteiger partial charge in [0.1, 0.15) is 11.0 Å². The van der Waals surface area contributed by atoms with Gasteiger partial charge in [-0.2, -0.15) is 0 Å². The summed E-state index contributed by atoms with van der Waals surface area (Å²) < 4.78 is 13.7. The highest BCUT2D eigenvalue weighted by atomic mass is 35.5. The predicted octanol–water partition coefficient (Wildman–Crippen LogP) is 5.19. The Labute approximate surface area is 133 Å². The van der Waals surface area contributed by atoms with Gasteiger partial charge in [-0.05, 0) is 48.9 Å². The molecule has 5 heteroatoms. The number of nitrogens with zero attached hydrogens (tertiary/aromatic N) is 1. The largest absolute Gasteiger partial charge is 0.380 e. The Hall–Kier alpha value is -1.32. The van der Waals surface area contributed by atoms with E-state index >= 15 is 0 Å². The highest BCUT2D eigenvalue weighted by molar-refractivity contribution is 6.34. The maximum Gasteiger partial charge on any atom is 0.154 e. The molecule has 21 heavy (non-hydrogen) atoms. The van der Waals surface area contributed by atoms with Crippen molar-refractivity contribution in [1.29, 1.82) is 0 Å². The Morgan fingerprint density at radius 2 is 1.95 bits per heavy atom. The number of hydrogen-bond donors (Lipinski definition) is 1. The van der Waals surface area contributed by atoms with Crippen molar-refractivity contribution in [2.75, 3.05) is 5.32 Å². The number of aromatic nitrogens is 1. The van der Waals surface area contributed by atoms with E-state index in [4.69, 9.17) is 23.2 Å². The van der Waals surface area contributed by atoms with Crippen molar-refractivity contribution in [3.05, 3.63) is 57.6 Å². The quantitative estimate of drug-likeness (QED) is 0.785. The number of rotatable bonds is 3. The lowest BCUT2D eigenvalue weighted by Gasteiger charge is -2.37. The fraction of sp³-hybridized carbons (Fsp3) is 0.312. The van der Waals surface area contributed by atoms with E-state index in [-0.39, 0.29) is 17.8 Å². The Morgan fingerprint density at radius 3 is 2.62 bits per heavy atom. The monoisotopic (exact) mass is 324 g/mol. The number of pyridine rings is 1. The molecule has 0 aliphatic heterocycles. The fourth-order valence-electron chi connectivity index (χ4n) is 2.77. The molecule has 3 rings (SSSR count). The second-order valence-electron chi connectivity index (χ2n) is 5.46. The summed E-state index contributed by atoms with van der Waals surface area (Å²) in [6.45, 7) is 1.94. The van der Waals surface area contributed by atoms with Crippen molar-refractivity contribution in [2.24, 2.45) is 0 Å². The Morgan fingerprint density at radius 1 is 1.24 bits per heavy atom. The van der Waals surface area contributed by atoms with Gasteiger partial charge >= 0.3 is 0 Å². The van der Waals surface area contributed by atoms with Crippen LogP contribution in [0.2, 0.25) is 10.3 Å². The summed E-state index contributed by atoms with van der Waals surface area (Å²) in [6.07, 6.45) is 1.78. The molecule has 1 aromatic heterocycles. The molecule has 0 saturated heterocycles. The van der Waals surface area contributed by atoms with Gasteiger partial charge in [0, 0.05) is 6.04 Å².